The van der Waals surface area contributed by atoms with Gasteiger partial charge in [-0.25, -0.2) is 10.9 Å². The molecule has 1 aromatic heterocycles. The Kier molecular flexibility index (Phi) is 4.67. The Morgan fingerprint density at radius 3 is 2.74 bits per heavy atom. The summed E-state index contributed by atoms with van der Waals surface area (Å²) in [7, 11) is 1.79. The average molecular weight is 332 g/mol. The van der Waals surface area contributed by atoms with Crippen molar-refractivity contribution in [1.29, 1.82) is 0 Å². The van der Waals surface area contributed by atoms with Crippen LogP contribution in [0, 0.1) is 6.92 Å². The largest absolute Gasteiger partial charge is 0.339 e. The molecule has 1 amide bonds. The molecule has 2 heterocycles. The van der Waals surface area contributed by atoms with Crippen molar-refractivity contribution >= 4 is 17.4 Å². The van der Waals surface area contributed by atoms with Crippen molar-refractivity contribution in [3.63, 3.8) is 0 Å². The lowest BCUT2D eigenvalue weighted by atomic mass is 9.90. The van der Waals surface area contributed by atoms with Gasteiger partial charge in [-0.15, -0.1) is 5.10 Å². The van der Waals surface area contributed by atoms with E-state index in [1.54, 1.807) is 11.9 Å². The van der Waals surface area contributed by atoms with Crippen molar-refractivity contribution in [3.05, 3.63) is 46.5 Å². The number of amides is 1. The molecule has 3 atom stereocenters. The Bertz CT molecular complexity index is 676. The van der Waals surface area contributed by atoms with Crippen LogP contribution in [-0.4, -0.2) is 39.6 Å². The molecule has 0 aliphatic carbocycles. The minimum Gasteiger partial charge on any atom is -0.339 e. The normalized spacial score (nSPS) is 23.9. The van der Waals surface area contributed by atoms with E-state index in [0.29, 0.717) is 6.54 Å². The van der Waals surface area contributed by atoms with Crippen LogP contribution in [0.5, 0.6) is 0 Å². The summed E-state index contributed by atoms with van der Waals surface area (Å²) in [6.07, 6.45) is -0.313. The van der Waals surface area contributed by atoms with Gasteiger partial charge in [-0.1, -0.05) is 34.8 Å². The number of rotatable bonds is 4. The lowest BCUT2D eigenvalue weighted by molar-refractivity contribution is -0.132. The SMILES string of the molecule is Cc1nnsc1CN(C)C(=O)C1NNC(N)C1c1ccccc1. The summed E-state index contributed by atoms with van der Waals surface area (Å²) in [4.78, 5) is 15.5. The third-order valence-electron chi connectivity index (χ3n) is 4.10. The Hall–Kier alpha value is -1.87. The van der Waals surface area contributed by atoms with Crippen LogP contribution in [0.3, 0.4) is 0 Å². The molecule has 1 fully saturated rings. The number of hydrogen-bond donors (Lipinski definition) is 3. The highest BCUT2D eigenvalue weighted by Crippen LogP contribution is 2.26. The van der Waals surface area contributed by atoms with E-state index in [1.165, 1.54) is 11.5 Å². The quantitative estimate of drug-likeness (QED) is 0.748. The molecule has 1 aliphatic heterocycles. The monoisotopic (exact) mass is 332 g/mol. The number of hydrogen-bond acceptors (Lipinski definition) is 7. The Morgan fingerprint density at radius 2 is 2.09 bits per heavy atom. The number of aromatic nitrogens is 2. The molecule has 2 aromatic rings. The molecule has 122 valence electrons. The van der Waals surface area contributed by atoms with Crippen LogP contribution in [0.15, 0.2) is 30.3 Å². The number of nitrogens with one attached hydrogen (secondary N) is 2. The van der Waals surface area contributed by atoms with Gasteiger partial charge in [0.1, 0.15) is 6.04 Å². The molecular formula is C15H20N6OS. The van der Waals surface area contributed by atoms with Gasteiger partial charge in [0.25, 0.3) is 0 Å². The molecule has 0 bridgehead atoms. The van der Waals surface area contributed by atoms with Gasteiger partial charge < -0.3 is 10.6 Å². The summed E-state index contributed by atoms with van der Waals surface area (Å²) >= 11 is 1.32. The van der Waals surface area contributed by atoms with Crippen molar-refractivity contribution in [2.24, 2.45) is 5.73 Å². The fraction of sp³-hybridized carbons (Fsp3) is 0.400. The molecule has 8 heteroatoms. The van der Waals surface area contributed by atoms with Crippen molar-refractivity contribution in [3.8, 4) is 0 Å². The minimum atomic E-state index is -0.404. The second kappa shape index (κ2) is 6.71. The molecule has 1 saturated heterocycles. The first-order chi connectivity index (χ1) is 11.1. The van der Waals surface area contributed by atoms with Gasteiger partial charge in [0, 0.05) is 13.0 Å². The van der Waals surface area contributed by atoms with Crippen LogP contribution in [0.4, 0.5) is 0 Å². The number of carbonyl (C=O) groups excluding carboxylic acids is 1. The number of nitrogens with two attached hydrogens (primary N) is 1. The summed E-state index contributed by atoms with van der Waals surface area (Å²) in [5, 5.41) is 3.98. The topological polar surface area (TPSA) is 96.2 Å². The number of aryl methyl sites for hydroxylation is 1. The Morgan fingerprint density at radius 1 is 1.35 bits per heavy atom. The van der Waals surface area contributed by atoms with Crippen molar-refractivity contribution < 1.29 is 4.79 Å². The van der Waals surface area contributed by atoms with E-state index in [4.69, 9.17) is 5.73 Å². The molecule has 1 aliphatic rings. The average Bonchev–Trinajstić information content (AvgIpc) is 3.13. The highest BCUT2D eigenvalue weighted by Gasteiger charge is 2.40. The van der Waals surface area contributed by atoms with Gasteiger partial charge in [0.2, 0.25) is 5.91 Å². The molecular weight excluding hydrogens is 312 g/mol. The van der Waals surface area contributed by atoms with Gasteiger partial charge >= 0.3 is 0 Å². The van der Waals surface area contributed by atoms with Crippen LogP contribution >= 0.6 is 11.5 Å². The van der Waals surface area contributed by atoms with Crippen LogP contribution in [0.25, 0.3) is 0 Å². The van der Waals surface area contributed by atoms with Gasteiger partial charge in [-0.3, -0.25) is 4.79 Å². The van der Waals surface area contributed by atoms with Crippen LogP contribution < -0.4 is 16.6 Å². The highest BCUT2D eigenvalue weighted by atomic mass is 32.1. The maximum absolute atomic E-state index is 12.8. The molecule has 1 aromatic carbocycles. The second-order valence-electron chi connectivity index (χ2n) is 5.70. The van der Waals surface area contributed by atoms with E-state index in [9.17, 15) is 4.79 Å². The van der Waals surface area contributed by atoms with E-state index in [1.807, 2.05) is 37.3 Å². The molecule has 3 rings (SSSR count). The van der Waals surface area contributed by atoms with E-state index in [0.717, 1.165) is 16.1 Å². The maximum Gasteiger partial charge on any atom is 0.241 e. The first-order valence-electron chi connectivity index (χ1n) is 7.42. The minimum absolute atomic E-state index is 0.00731. The smallest absolute Gasteiger partial charge is 0.241 e. The second-order valence-corrected chi connectivity index (χ2v) is 6.54. The lowest BCUT2D eigenvalue weighted by Crippen LogP contribution is -2.45. The molecule has 0 saturated carbocycles. The maximum atomic E-state index is 12.8. The zero-order valence-corrected chi connectivity index (χ0v) is 13.9. The third-order valence-corrected chi connectivity index (χ3v) is 4.91. The van der Waals surface area contributed by atoms with Gasteiger partial charge in [0.05, 0.1) is 23.3 Å². The Labute approximate surface area is 139 Å². The third kappa shape index (κ3) is 3.25. The number of likely N-dealkylation sites (N-methyl/N-ethyl adjacent to an activating group) is 1. The van der Waals surface area contributed by atoms with Crippen molar-refractivity contribution in [1.82, 2.24) is 25.3 Å². The summed E-state index contributed by atoms with van der Waals surface area (Å²) in [5.74, 6) is -0.126. The fourth-order valence-corrected chi connectivity index (χ4v) is 3.48. The number of carbonyl (C=O) groups is 1. The molecule has 7 nitrogen and oxygen atoms in total. The van der Waals surface area contributed by atoms with E-state index < -0.39 is 6.04 Å². The highest BCUT2D eigenvalue weighted by molar-refractivity contribution is 7.05. The number of hydrazine groups is 1. The van der Waals surface area contributed by atoms with Crippen LogP contribution in [0.1, 0.15) is 22.1 Å². The van der Waals surface area contributed by atoms with Gasteiger partial charge in [-0.2, -0.15) is 0 Å². The van der Waals surface area contributed by atoms with Crippen LogP contribution in [0.2, 0.25) is 0 Å². The zero-order valence-electron chi connectivity index (χ0n) is 13.1. The summed E-state index contributed by atoms with van der Waals surface area (Å²) in [6.45, 7) is 2.40. The predicted molar refractivity (Wildman–Crippen MR) is 88.3 cm³/mol. The van der Waals surface area contributed by atoms with E-state index >= 15 is 0 Å². The first-order valence-corrected chi connectivity index (χ1v) is 8.19. The van der Waals surface area contributed by atoms with E-state index in [2.05, 4.69) is 20.4 Å². The predicted octanol–water partition coefficient (Wildman–Crippen LogP) is 0.350. The summed E-state index contributed by atoms with van der Waals surface area (Å²) in [6, 6.07) is 9.45. The van der Waals surface area contributed by atoms with E-state index in [-0.39, 0.29) is 18.0 Å². The number of nitrogens with zero attached hydrogens (tertiary/aromatic N) is 3. The standard InChI is InChI=1S/C15H20N6OS/c1-9-11(23-20-17-9)8-21(2)15(22)13-12(14(16)19-18-13)10-6-4-3-5-7-10/h3-7,12-14,18-19H,8,16H2,1-2H3. The fourth-order valence-electron chi connectivity index (χ4n) is 2.79. The molecule has 4 N–H and O–H groups in total. The molecule has 23 heavy (non-hydrogen) atoms. The summed E-state index contributed by atoms with van der Waals surface area (Å²) in [5.41, 5.74) is 14.1. The van der Waals surface area contributed by atoms with Crippen molar-refractivity contribution in [2.75, 3.05) is 7.05 Å². The van der Waals surface area contributed by atoms with Gasteiger partial charge in [0.15, 0.2) is 0 Å². The van der Waals surface area contributed by atoms with Gasteiger partial charge in [-0.05, 0) is 24.0 Å². The summed E-state index contributed by atoms with van der Waals surface area (Å²) < 4.78 is 3.91. The molecule has 0 radical (unpaired) electrons. The zero-order chi connectivity index (χ0) is 16.4. The first kappa shape index (κ1) is 16.0. The van der Waals surface area contributed by atoms with Crippen molar-refractivity contribution in [2.45, 2.75) is 31.6 Å². The lowest BCUT2D eigenvalue weighted by Gasteiger charge is -2.25. The molecule has 0 spiro atoms. The Balaban J connectivity index is 1.76. The number of benzene rings is 1. The molecule has 3 unspecified atom stereocenters. The van der Waals surface area contributed by atoms with Crippen LogP contribution in [-0.2, 0) is 11.3 Å².